The van der Waals surface area contributed by atoms with Crippen LogP contribution >= 0.6 is 0 Å². The Morgan fingerprint density at radius 1 is 1.33 bits per heavy atom. The zero-order chi connectivity index (χ0) is 15.5. The van der Waals surface area contributed by atoms with E-state index in [2.05, 4.69) is 19.2 Å². The van der Waals surface area contributed by atoms with Crippen molar-refractivity contribution in [1.29, 1.82) is 0 Å². The normalized spacial score (nSPS) is 19.0. The van der Waals surface area contributed by atoms with E-state index in [1.165, 1.54) is 38.2 Å². The Bertz CT molecular complexity index is 472. The molecule has 0 spiro atoms. The summed E-state index contributed by atoms with van der Waals surface area (Å²) in [5.41, 5.74) is 0.407. The molecule has 1 aromatic heterocycles. The predicted octanol–water partition coefficient (Wildman–Crippen LogP) is 4.23. The van der Waals surface area contributed by atoms with Crippen molar-refractivity contribution in [2.24, 2.45) is 11.3 Å². The topological polar surface area (TPSA) is 62.5 Å². The summed E-state index contributed by atoms with van der Waals surface area (Å²) < 4.78 is 5.37. The van der Waals surface area contributed by atoms with Gasteiger partial charge in [-0.2, -0.15) is 0 Å². The molecule has 0 bridgehead atoms. The molecule has 1 aromatic rings. The van der Waals surface area contributed by atoms with E-state index in [1.54, 1.807) is 6.07 Å². The molecule has 2 rings (SSSR count). The number of carboxylic acid groups (broad SMARTS) is 1. The first-order valence-electron chi connectivity index (χ1n) is 7.98. The molecule has 4 heteroatoms. The van der Waals surface area contributed by atoms with Gasteiger partial charge < -0.3 is 14.8 Å². The Balaban J connectivity index is 1.95. The van der Waals surface area contributed by atoms with Crippen LogP contribution in [-0.4, -0.2) is 17.6 Å². The molecule has 0 aromatic carbocycles. The molecule has 1 aliphatic carbocycles. The van der Waals surface area contributed by atoms with Crippen LogP contribution in [0.3, 0.4) is 0 Å². The maximum absolute atomic E-state index is 10.9. The van der Waals surface area contributed by atoms with Gasteiger partial charge in [0.15, 0.2) is 0 Å². The Morgan fingerprint density at radius 3 is 2.52 bits per heavy atom. The predicted molar refractivity (Wildman–Crippen MR) is 82.4 cm³/mol. The molecule has 1 saturated carbocycles. The molecule has 0 saturated heterocycles. The van der Waals surface area contributed by atoms with E-state index in [9.17, 15) is 4.79 Å². The molecule has 1 atom stereocenters. The van der Waals surface area contributed by atoms with Gasteiger partial charge in [0, 0.05) is 6.54 Å². The summed E-state index contributed by atoms with van der Waals surface area (Å²) in [4.78, 5) is 10.9. The molecule has 4 nitrogen and oxygen atoms in total. The molecule has 118 valence electrons. The van der Waals surface area contributed by atoms with Crippen molar-refractivity contribution in [3.8, 4) is 0 Å². The first-order valence-corrected chi connectivity index (χ1v) is 7.98. The minimum absolute atomic E-state index is 0.0106. The highest BCUT2D eigenvalue weighted by Crippen LogP contribution is 2.43. The minimum Gasteiger partial charge on any atom is -0.475 e. The van der Waals surface area contributed by atoms with Crippen LogP contribution in [0.15, 0.2) is 16.5 Å². The van der Waals surface area contributed by atoms with Crippen LogP contribution in [0.5, 0.6) is 0 Å². The molecule has 0 aliphatic heterocycles. The average molecular weight is 293 g/mol. The molecule has 1 aliphatic rings. The molecule has 0 amide bonds. The van der Waals surface area contributed by atoms with Crippen molar-refractivity contribution in [2.75, 3.05) is 6.54 Å². The Hall–Kier alpha value is -1.29. The molecular formula is C17H27NO3. The van der Waals surface area contributed by atoms with Crippen LogP contribution in [0.25, 0.3) is 0 Å². The van der Waals surface area contributed by atoms with Crippen molar-refractivity contribution in [1.82, 2.24) is 5.32 Å². The van der Waals surface area contributed by atoms with Gasteiger partial charge in [0.2, 0.25) is 5.76 Å². The van der Waals surface area contributed by atoms with Crippen LogP contribution < -0.4 is 5.32 Å². The van der Waals surface area contributed by atoms with E-state index >= 15 is 0 Å². The van der Waals surface area contributed by atoms with Crippen LogP contribution in [0.4, 0.5) is 0 Å². The van der Waals surface area contributed by atoms with Gasteiger partial charge in [-0.1, -0.05) is 26.7 Å². The van der Waals surface area contributed by atoms with E-state index in [-0.39, 0.29) is 11.8 Å². The molecule has 21 heavy (non-hydrogen) atoms. The number of aromatic carboxylic acids is 1. The van der Waals surface area contributed by atoms with Crippen molar-refractivity contribution in [3.63, 3.8) is 0 Å². The monoisotopic (exact) mass is 293 g/mol. The fraction of sp³-hybridized carbons (Fsp3) is 0.706. The zero-order valence-electron chi connectivity index (χ0n) is 13.3. The highest BCUT2D eigenvalue weighted by Gasteiger charge is 2.34. The largest absolute Gasteiger partial charge is 0.475 e. The standard InChI is InChI=1S/C17H27NO3/c1-12(2)10-17(8-4-5-9-17)11-18-13(3)14-6-7-15(21-14)16(19)20/h6-7,12-13,18H,4-5,8-11H2,1-3H3,(H,19,20). The Morgan fingerprint density at radius 2 is 2.00 bits per heavy atom. The first-order chi connectivity index (χ1) is 9.92. The Labute approximate surface area is 126 Å². The molecular weight excluding hydrogens is 266 g/mol. The number of carboxylic acids is 1. The number of hydrogen-bond donors (Lipinski definition) is 2. The first kappa shape index (κ1) is 16.1. The summed E-state index contributed by atoms with van der Waals surface area (Å²) in [6.07, 6.45) is 6.50. The second-order valence-electron chi connectivity index (χ2n) is 6.91. The van der Waals surface area contributed by atoms with Crippen molar-refractivity contribution in [2.45, 2.75) is 58.9 Å². The molecule has 1 heterocycles. The summed E-state index contributed by atoms with van der Waals surface area (Å²) in [5.74, 6) is 0.407. The maximum Gasteiger partial charge on any atom is 0.371 e. The highest BCUT2D eigenvalue weighted by molar-refractivity contribution is 5.84. The third kappa shape index (κ3) is 4.10. The molecule has 2 N–H and O–H groups in total. The lowest BCUT2D eigenvalue weighted by atomic mass is 9.78. The van der Waals surface area contributed by atoms with Gasteiger partial charge in [-0.15, -0.1) is 0 Å². The van der Waals surface area contributed by atoms with Gasteiger partial charge in [-0.3, -0.25) is 0 Å². The van der Waals surface area contributed by atoms with Crippen molar-refractivity contribution >= 4 is 5.97 Å². The van der Waals surface area contributed by atoms with Gasteiger partial charge in [-0.05, 0) is 49.7 Å². The third-order valence-electron chi connectivity index (χ3n) is 4.55. The lowest BCUT2D eigenvalue weighted by Crippen LogP contribution is -2.34. The van der Waals surface area contributed by atoms with E-state index in [0.29, 0.717) is 17.1 Å². The molecule has 0 radical (unpaired) electrons. The van der Waals surface area contributed by atoms with Gasteiger partial charge >= 0.3 is 5.97 Å². The fourth-order valence-electron chi connectivity index (χ4n) is 3.61. The number of nitrogens with one attached hydrogen (secondary N) is 1. The van der Waals surface area contributed by atoms with Gasteiger partial charge in [0.1, 0.15) is 5.76 Å². The van der Waals surface area contributed by atoms with Crippen LogP contribution in [-0.2, 0) is 0 Å². The van der Waals surface area contributed by atoms with Crippen LogP contribution in [0.1, 0.15) is 75.2 Å². The maximum atomic E-state index is 10.9. The second kappa shape index (κ2) is 6.65. The van der Waals surface area contributed by atoms with Crippen molar-refractivity contribution < 1.29 is 14.3 Å². The third-order valence-corrected chi connectivity index (χ3v) is 4.55. The summed E-state index contributed by atoms with van der Waals surface area (Å²) in [6.45, 7) is 7.59. The number of furan rings is 1. The average Bonchev–Trinajstić information content (AvgIpc) is 3.04. The quantitative estimate of drug-likeness (QED) is 0.789. The van der Waals surface area contributed by atoms with E-state index in [0.717, 1.165) is 6.54 Å². The number of carbonyl (C=O) groups is 1. The summed E-state index contributed by atoms with van der Waals surface area (Å²) >= 11 is 0. The summed E-state index contributed by atoms with van der Waals surface area (Å²) in [7, 11) is 0. The summed E-state index contributed by atoms with van der Waals surface area (Å²) in [6, 6.07) is 3.32. The second-order valence-corrected chi connectivity index (χ2v) is 6.91. The number of hydrogen-bond acceptors (Lipinski definition) is 3. The Kier molecular flexibility index (Phi) is 5.09. The highest BCUT2D eigenvalue weighted by atomic mass is 16.4. The smallest absolute Gasteiger partial charge is 0.371 e. The molecule has 1 fully saturated rings. The SMILES string of the molecule is CC(C)CC1(CNC(C)c2ccc(C(=O)O)o2)CCCC1. The zero-order valence-corrected chi connectivity index (χ0v) is 13.3. The number of rotatable bonds is 7. The van der Waals surface area contributed by atoms with E-state index in [4.69, 9.17) is 9.52 Å². The van der Waals surface area contributed by atoms with Gasteiger partial charge in [0.05, 0.1) is 6.04 Å². The fourth-order valence-corrected chi connectivity index (χ4v) is 3.61. The summed E-state index contributed by atoms with van der Waals surface area (Å²) in [5, 5.41) is 12.5. The molecule has 1 unspecified atom stereocenters. The minimum atomic E-state index is -1.01. The van der Waals surface area contributed by atoms with E-state index in [1.807, 2.05) is 6.92 Å². The lowest BCUT2D eigenvalue weighted by molar-refractivity contribution is 0.0659. The van der Waals surface area contributed by atoms with Crippen LogP contribution in [0.2, 0.25) is 0 Å². The van der Waals surface area contributed by atoms with Gasteiger partial charge in [-0.25, -0.2) is 4.79 Å². The van der Waals surface area contributed by atoms with Gasteiger partial charge in [0.25, 0.3) is 0 Å². The van der Waals surface area contributed by atoms with E-state index < -0.39 is 5.97 Å². The van der Waals surface area contributed by atoms with Crippen LogP contribution in [0, 0.1) is 11.3 Å². The lowest BCUT2D eigenvalue weighted by Gasteiger charge is -2.32. The van der Waals surface area contributed by atoms with Crippen molar-refractivity contribution in [3.05, 3.63) is 23.7 Å².